The van der Waals surface area contributed by atoms with E-state index in [1.807, 2.05) is 0 Å². The Bertz CT molecular complexity index is 374. The molecule has 0 saturated carbocycles. The number of nitrogens with zero attached hydrogens (tertiary/aromatic N) is 1. The van der Waals surface area contributed by atoms with Gasteiger partial charge in [-0.1, -0.05) is 0 Å². The van der Waals surface area contributed by atoms with Gasteiger partial charge in [0, 0.05) is 11.6 Å². The number of ether oxygens (including phenoxy) is 1. The first-order chi connectivity index (χ1) is 6.72. The van der Waals surface area contributed by atoms with Gasteiger partial charge < -0.3 is 4.74 Å². The number of hydrogen-bond donors (Lipinski definition) is 0. The summed E-state index contributed by atoms with van der Waals surface area (Å²) in [6.45, 7) is -0.411. The van der Waals surface area contributed by atoms with Gasteiger partial charge >= 0.3 is 0 Å². The lowest BCUT2D eigenvalue weighted by Crippen LogP contribution is -1.96. The summed E-state index contributed by atoms with van der Waals surface area (Å²) in [4.78, 5) is 3.37. The molecule has 0 heterocycles. The molecular weight excluding hydrogens is 192 g/mol. The van der Waals surface area contributed by atoms with Crippen molar-refractivity contribution in [2.75, 3.05) is 7.11 Å². The quantitative estimate of drug-likeness (QED) is 0.748. The van der Waals surface area contributed by atoms with Crippen LogP contribution in [0, 0.1) is 17.1 Å². The van der Waals surface area contributed by atoms with E-state index < -0.39 is 12.4 Å². The van der Waals surface area contributed by atoms with E-state index in [0.29, 0.717) is 0 Å². The topological polar surface area (TPSA) is 42.2 Å². The molecule has 14 heavy (non-hydrogen) atoms. The van der Waals surface area contributed by atoms with Crippen molar-refractivity contribution in [3.05, 3.63) is 29.1 Å². The van der Waals surface area contributed by atoms with Crippen LogP contribution in [0.5, 0.6) is 5.75 Å². The molecule has 0 atom stereocenters. The van der Waals surface area contributed by atoms with E-state index in [-0.39, 0.29) is 16.9 Å². The molecule has 0 aromatic heterocycles. The molecule has 0 bridgehead atoms. The first-order valence-corrected chi connectivity index (χ1v) is 3.73. The molecule has 0 N–H and O–H groups in total. The number of rotatable bonds is 3. The summed E-state index contributed by atoms with van der Waals surface area (Å²) < 4.78 is 29.4. The van der Waals surface area contributed by atoms with E-state index in [1.165, 1.54) is 13.2 Å². The number of nitriles is 1. The molecule has 0 aliphatic heterocycles. The van der Waals surface area contributed by atoms with Crippen molar-refractivity contribution in [2.24, 2.45) is 0 Å². The lowest BCUT2D eigenvalue weighted by atomic mass is 10.1. The zero-order valence-electron chi connectivity index (χ0n) is 7.38. The van der Waals surface area contributed by atoms with Crippen LogP contribution in [0.25, 0.3) is 0 Å². The Balaban J connectivity index is 3.18. The molecule has 0 aliphatic carbocycles. The highest BCUT2D eigenvalue weighted by Crippen LogP contribution is 2.23. The minimum Gasteiger partial charge on any atom is -0.496 e. The van der Waals surface area contributed by atoms with Crippen LogP contribution in [-0.2, 0) is 11.5 Å². The van der Waals surface area contributed by atoms with Gasteiger partial charge in [0.25, 0.3) is 0 Å². The average Bonchev–Trinajstić information content (AvgIpc) is 2.19. The van der Waals surface area contributed by atoms with Gasteiger partial charge in [0.15, 0.2) is 0 Å². The molecule has 0 aliphatic rings. The Morgan fingerprint density at radius 2 is 2.21 bits per heavy atom. The van der Waals surface area contributed by atoms with Gasteiger partial charge in [0.05, 0.1) is 12.7 Å². The second-order valence-corrected chi connectivity index (χ2v) is 2.51. The largest absolute Gasteiger partial charge is 0.496 e. The molecule has 0 radical (unpaired) electrons. The summed E-state index contributed by atoms with van der Waals surface area (Å²) in [5, 5.41) is 8.51. The highest BCUT2D eigenvalue weighted by molar-refractivity contribution is 5.43. The Morgan fingerprint density at radius 3 is 2.71 bits per heavy atom. The Kier molecular flexibility index (Phi) is 3.37. The normalized spacial score (nSPS) is 9.57. The molecule has 1 rings (SSSR count). The molecule has 0 unspecified atom stereocenters. The van der Waals surface area contributed by atoms with Crippen molar-refractivity contribution in [2.45, 2.75) is 6.61 Å². The summed E-state index contributed by atoms with van der Waals surface area (Å²) in [5.74, 6) is -0.499. The zero-order chi connectivity index (χ0) is 10.6. The summed E-state index contributed by atoms with van der Waals surface area (Å²) in [5.41, 5.74) is 0.0657. The number of benzene rings is 1. The number of halogens is 2. The minimum atomic E-state index is -0.722. The molecular formula is C9H7F2NO2. The van der Waals surface area contributed by atoms with Crippen molar-refractivity contribution >= 4 is 0 Å². The summed E-state index contributed by atoms with van der Waals surface area (Å²) in [6, 6.07) is 3.86. The van der Waals surface area contributed by atoms with E-state index in [1.54, 1.807) is 6.07 Å². The van der Waals surface area contributed by atoms with Crippen molar-refractivity contribution < 1.29 is 18.6 Å². The van der Waals surface area contributed by atoms with Crippen molar-refractivity contribution in [3.8, 4) is 11.8 Å². The van der Waals surface area contributed by atoms with Crippen molar-refractivity contribution in [3.63, 3.8) is 0 Å². The highest BCUT2D eigenvalue weighted by atomic mass is 19.3. The van der Waals surface area contributed by atoms with Crippen LogP contribution in [0.1, 0.15) is 11.1 Å². The van der Waals surface area contributed by atoms with Gasteiger partial charge in [0.2, 0.25) is 0 Å². The van der Waals surface area contributed by atoms with Gasteiger partial charge in [-0.25, -0.2) is 4.39 Å². The van der Waals surface area contributed by atoms with Crippen LogP contribution < -0.4 is 4.74 Å². The molecule has 0 fully saturated rings. The summed E-state index contributed by atoms with van der Waals surface area (Å²) in [7, 11) is 1.34. The molecule has 0 spiro atoms. The average molecular weight is 199 g/mol. The molecule has 5 heteroatoms. The number of methoxy groups -OCH3 is 1. The fraction of sp³-hybridized carbons (Fsp3) is 0.222. The number of hydrogen-bond acceptors (Lipinski definition) is 3. The fourth-order valence-electron chi connectivity index (χ4n) is 1.04. The van der Waals surface area contributed by atoms with Gasteiger partial charge in [-0.15, -0.1) is 0 Å². The third kappa shape index (κ3) is 1.98. The predicted molar refractivity (Wildman–Crippen MR) is 43.6 cm³/mol. The SMILES string of the molecule is COc1cc(C#N)c(F)cc1COF. The maximum Gasteiger partial charge on any atom is 0.141 e. The molecule has 1 aromatic carbocycles. The third-order valence-electron chi connectivity index (χ3n) is 1.70. The molecule has 0 amide bonds. The zero-order valence-corrected chi connectivity index (χ0v) is 7.38. The Morgan fingerprint density at radius 1 is 1.50 bits per heavy atom. The van der Waals surface area contributed by atoms with Crippen LogP contribution >= 0.6 is 0 Å². The molecule has 3 nitrogen and oxygen atoms in total. The molecule has 0 saturated heterocycles. The third-order valence-corrected chi connectivity index (χ3v) is 1.70. The Hall–Kier alpha value is -1.67. The van der Waals surface area contributed by atoms with Gasteiger partial charge in [-0.05, 0) is 10.6 Å². The van der Waals surface area contributed by atoms with E-state index >= 15 is 0 Å². The first kappa shape index (κ1) is 10.4. The first-order valence-electron chi connectivity index (χ1n) is 3.73. The Labute approximate surface area is 79.4 Å². The summed E-state index contributed by atoms with van der Waals surface area (Å²) >= 11 is 0. The van der Waals surface area contributed by atoms with Crippen molar-refractivity contribution in [1.29, 1.82) is 5.26 Å². The van der Waals surface area contributed by atoms with Crippen LogP contribution in [-0.4, -0.2) is 7.11 Å². The van der Waals surface area contributed by atoms with Crippen LogP contribution in [0.15, 0.2) is 12.1 Å². The monoisotopic (exact) mass is 199 g/mol. The van der Waals surface area contributed by atoms with E-state index in [4.69, 9.17) is 10.00 Å². The molecule has 1 aromatic rings. The van der Waals surface area contributed by atoms with Crippen LogP contribution in [0.4, 0.5) is 8.92 Å². The minimum absolute atomic E-state index is 0.149. The maximum absolute atomic E-state index is 13.0. The van der Waals surface area contributed by atoms with Crippen LogP contribution in [0.2, 0.25) is 0 Å². The maximum atomic E-state index is 13.0. The second kappa shape index (κ2) is 4.53. The van der Waals surface area contributed by atoms with Gasteiger partial charge in [-0.3, -0.25) is 0 Å². The lowest BCUT2D eigenvalue weighted by Gasteiger charge is -2.06. The highest BCUT2D eigenvalue weighted by Gasteiger charge is 2.10. The standard InChI is InChI=1S/C9H7F2NO2/c1-13-9-3-6(4-12)8(10)2-7(9)5-14-11/h2-3H,5H2,1H3. The van der Waals surface area contributed by atoms with Gasteiger partial charge in [-0.2, -0.15) is 10.2 Å². The molecule has 74 valence electrons. The second-order valence-electron chi connectivity index (χ2n) is 2.51. The predicted octanol–water partition coefficient (Wildman–Crippen LogP) is 2.11. The van der Waals surface area contributed by atoms with Crippen LogP contribution in [0.3, 0.4) is 0 Å². The van der Waals surface area contributed by atoms with E-state index in [0.717, 1.165) is 6.07 Å². The van der Waals surface area contributed by atoms with Gasteiger partial charge in [0.1, 0.15) is 24.2 Å². The van der Waals surface area contributed by atoms with E-state index in [9.17, 15) is 8.92 Å². The summed E-state index contributed by atoms with van der Waals surface area (Å²) in [6.07, 6.45) is 0. The van der Waals surface area contributed by atoms with E-state index in [2.05, 4.69) is 4.94 Å². The lowest BCUT2D eigenvalue weighted by molar-refractivity contribution is -0.144. The smallest absolute Gasteiger partial charge is 0.141 e. The van der Waals surface area contributed by atoms with Crippen molar-refractivity contribution in [1.82, 2.24) is 0 Å². The fourth-order valence-corrected chi connectivity index (χ4v) is 1.04.